The summed E-state index contributed by atoms with van der Waals surface area (Å²) in [5.41, 5.74) is 2.36. The molecule has 0 radical (unpaired) electrons. The van der Waals surface area contributed by atoms with E-state index in [0.29, 0.717) is 29.4 Å². The van der Waals surface area contributed by atoms with Crippen molar-refractivity contribution >= 4 is 23.2 Å². The summed E-state index contributed by atoms with van der Waals surface area (Å²) in [7, 11) is 0. The minimum Gasteiger partial charge on any atom is -0.387 e. The Labute approximate surface area is 170 Å². The largest absolute Gasteiger partial charge is 0.387 e. The molecule has 4 rings (SSSR count). The number of anilines is 1. The van der Waals surface area contributed by atoms with Crippen molar-refractivity contribution in [3.63, 3.8) is 0 Å². The van der Waals surface area contributed by atoms with E-state index in [4.69, 9.17) is 11.6 Å². The van der Waals surface area contributed by atoms with E-state index in [1.165, 1.54) is 12.8 Å². The van der Waals surface area contributed by atoms with Crippen LogP contribution in [0.4, 0.5) is 5.69 Å². The van der Waals surface area contributed by atoms with E-state index in [0.717, 1.165) is 31.6 Å². The van der Waals surface area contributed by atoms with Gasteiger partial charge in [-0.2, -0.15) is 0 Å². The minimum atomic E-state index is -0.576. The van der Waals surface area contributed by atoms with Crippen molar-refractivity contribution in [3.05, 3.63) is 58.9 Å². The second kappa shape index (κ2) is 8.50. The molecule has 6 heteroatoms. The maximum absolute atomic E-state index is 12.9. The quantitative estimate of drug-likeness (QED) is 0.846. The van der Waals surface area contributed by atoms with Gasteiger partial charge < -0.3 is 14.9 Å². The van der Waals surface area contributed by atoms with Crippen molar-refractivity contribution in [2.45, 2.75) is 31.8 Å². The zero-order chi connectivity index (χ0) is 19.5. The number of piperidine rings is 1. The second-order valence-corrected chi connectivity index (χ2v) is 8.10. The van der Waals surface area contributed by atoms with Gasteiger partial charge in [0.1, 0.15) is 0 Å². The molecule has 2 fully saturated rings. The van der Waals surface area contributed by atoms with Crippen LogP contribution in [0.1, 0.15) is 47.8 Å². The highest BCUT2D eigenvalue weighted by Gasteiger charge is 2.29. The number of carbonyl (C=O) groups excluding carboxylic acids is 1. The average Bonchev–Trinajstić information content (AvgIpc) is 3.28. The van der Waals surface area contributed by atoms with Crippen LogP contribution in [-0.2, 0) is 0 Å². The zero-order valence-electron chi connectivity index (χ0n) is 15.9. The number of halogens is 1. The first-order valence-electron chi connectivity index (χ1n) is 10.1. The molecule has 2 saturated heterocycles. The first-order valence-corrected chi connectivity index (χ1v) is 10.4. The van der Waals surface area contributed by atoms with E-state index in [1.807, 2.05) is 35.2 Å². The number of aliphatic hydroxyl groups is 1. The predicted octanol–water partition coefficient (Wildman–Crippen LogP) is 3.92. The Morgan fingerprint density at radius 3 is 2.50 bits per heavy atom. The molecule has 1 unspecified atom stereocenters. The number of amides is 1. The van der Waals surface area contributed by atoms with Crippen LogP contribution in [0.2, 0.25) is 5.02 Å². The number of pyridine rings is 1. The molecule has 0 aliphatic carbocycles. The molecule has 148 valence electrons. The van der Waals surface area contributed by atoms with E-state index in [9.17, 15) is 9.90 Å². The Balaban J connectivity index is 1.38. The normalized spacial score (nSPS) is 19.1. The number of hydrogen-bond donors (Lipinski definition) is 1. The van der Waals surface area contributed by atoms with Gasteiger partial charge >= 0.3 is 0 Å². The van der Waals surface area contributed by atoms with Gasteiger partial charge in [0.15, 0.2) is 0 Å². The maximum Gasteiger partial charge on any atom is 0.253 e. The first-order chi connectivity index (χ1) is 13.6. The van der Waals surface area contributed by atoms with Crippen LogP contribution in [0.25, 0.3) is 0 Å². The zero-order valence-corrected chi connectivity index (χ0v) is 16.7. The molecule has 28 heavy (non-hydrogen) atoms. The van der Waals surface area contributed by atoms with Gasteiger partial charge in [0.2, 0.25) is 0 Å². The number of aromatic nitrogens is 1. The third-order valence-electron chi connectivity index (χ3n) is 5.91. The van der Waals surface area contributed by atoms with Crippen molar-refractivity contribution in [3.8, 4) is 0 Å². The average molecular weight is 400 g/mol. The number of aliphatic hydroxyl groups excluding tert-OH is 1. The summed E-state index contributed by atoms with van der Waals surface area (Å²) in [6.07, 6.45) is 5.04. The summed E-state index contributed by atoms with van der Waals surface area (Å²) in [6, 6.07) is 11.2. The Bertz CT molecular complexity index is 816. The smallest absolute Gasteiger partial charge is 0.253 e. The molecule has 2 aromatic rings. The third kappa shape index (κ3) is 4.01. The molecule has 2 aliphatic rings. The van der Waals surface area contributed by atoms with E-state index < -0.39 is 6.10 Å². The fourth-order valence-electron chi connectivity index (χ4n) is 4.25. The standard InChI is InChI=1S/C22H26ClN3O2/c23-18-15-17(6-7-20(18)25-11-3-4-12-25)22(28)26-13-8-16(9-14-26)21(27)19-5-1-2-10-24-19/h1-2,5-7,10,15-16,21,27H,3-4,8-9,11-14H2. The fourth-order valence-corrected chi connectivity index (χ4v) is 4.55. The Kier molecular flexibility index (Phi) is 5.83. The van der Waals surface area contributed by atoms with Gasteiger partial charge in [-0.15, -0.1) is 0 Å². The molecule has 3 heterocycles. The van der Waals surface area contributed by atoms with Crippen LogP contribution in [0, 0.1) is 5.92 Å². The van der Waals surface area contributed by atoms with Crippen molar-refractivity contribution in [1.82, 2.24) is 9.88 Å². The summed E-state index contributed by atoms with van der Waals surface area (Å²) in [4.78, 5) is 21.3. The molecule has 0 bridgehead atoms. The highest BCUT2D eigenvalue weighted by Crippen LogP contribution is 2.32. The lowest BCUT2D eigenvalue weighted by Gasteiger charge is -2.34. The van der Waals surface area contributed by atoms with Crippen molar-refractivity contribution < 1.29 is 9.90 Å². The number of likely N-dealkylation sites (tertiary alicyclic amines) is 1. The van der Waals surface area contributed by atoms with E-state index in [-0.39, 0.29) is 11.8 Å². The molecule has 1 amide bonds. The second-order valence-electron chi connectivity index (χ2n) is 7.69. The van der Waals surface area contributed by atoms with Gasteiger partial charge in [0.25, 0.3) is 5.91 Å². The predicted molar refractivity (Wildman–Crippen MR) is 111 cm³/mol. The number of nitrogens with zero attached hydrogens (tertiary/aromatic N) is 3. The van der Waals surface area contributed by atoms with Crippen LogP contribution in [0.3, 0.4) is 0 Å². The highest BCUT2D eigenvalue weighted by molar-refractivity contribution is 6.33. The number of rotatable bonds is 4. The van der Waals surface area contributed by atoms with E-state index in [1.54, 1.807) is 12.3 Å². The Hall–Kier alpha value is -2.11. The van der Waals surface area contributed by atoms with Gasteiger partial charge in [0, 0.05) is 37.9 Å². The molecule has 1 atom stereocenters. The Morgan fingerprint density at radius 1 is 1.11 bits per heavy atom. The molecule has 1 N–H and O–H groups in total. The lowest BCUT2D eigenvalue weighted by Crippen LogP contribution is -2.39. The molecule has 2 aliphatic heterocycles. The van der Waals surface area contributed by atoms with E-state index in [2.05, 4.69) is 9.88 Å². The fraction of sp³-hybridized carbons (Fsp3) is 0.455. The number of hydrogen-bond acceptors (Lipinski definition) is 4. The summed E-state index contributed by atoms with van der Waals surface area (Å²) in [6.45, 7) is 3.33. The third-order valence-corrected chi connectivity index (χ3v) is 6.21. The van der Waals surface area contributed by atoms with Crippen LogP contribution in [-0.4, -0.2) is 47.1 Å². The molecule has 0 spiro atoms. The SMILES string of the molecule is O=C(c1ccc(N2CCCC2)c(Cl)c1)N1CCC(C(O)c2ccccn2)CC1. The van der Waals surface area contributed by atoms with Crippen molar-refractivity contribution in [2.75, 3.05) is 31.1 Å². The molecule has 1 aromatic carbocycles. The van der Waals surface area contributed by atoms with Gasteiger partial charge in [0.05, 0.1) is 22.5 Å². The van der Waals surface area contributed by atoms with Gasteiger partial charge in [-0.05, 0) is 61.9 Å². The molecule has 1 aromatic heterocycles. The maximum atomic E-state index is 12.9. The van der Waals surface area contributed by atoms with E-state index >= 15 is 0 Å². The van der Waals surface area contributed by atoms with Crippen molar-refractivity contribution in [1.29, 1.82) is 0 Å². The van der Waals surface area contributed by atoms with Crippen LogP contribution in [0.5, 0.6) is 0 Å². The summed E-state index contributed by atoms with van der Waals surface area (Å²) < 4.78 is 0. The first kappa shape index (κ1) is 19.2. The van der Waals surface area contributed by atoms with Gasteiger partial charge in [-0.25, -0.2) is 0 Å². The Morgan fingerprint density at radius 2 is 1.86 bits per heavy atom. The monoisotopic (exact) mass is 399 g/mol. The molecule has 5 nitrogen and oxygen atoms in total. The van der Waals surface area contributed by atoms with Crippen LogP contribution < -0.4 is 4.90 Å². The lowest BCUT2D eigenvalue weighted by molar-refractivity contribution is 0.0447. The summed E-state index contributed by atoms with van der Waals surface area (Å²) in [5.74, 6) is 0.140. The number of benzene rings is 1. The molecular weight excluding hydrogens is 374 g/mol. The van der Waals surface area contributed by atoms with Gasteiger partial charge in [-0.3, -0.25) is 9.78 Å². The topological polar surface area (TPSA) is 56.7 Å². The lowest BCUT2D eigenvalue weighted by atomic mass is 9.89. The van der Waals surface area contributed by atoms with Crippen LogP contribution >= 0.6 is 11.6 Å². The summed E-state index contributed by atoms with van der Waals surface area (Å²) in [5, 5.41) is 11.2. The van der Waals surface area contributed by atoms with Crippen molar-refractivity contribution in [2.24, 2.45) is 5.92 Å². The van der Waals surface area contributed by atoms with Crippen LogP contribution in [0.15, 0.2) is 42.6 Å². The highest BCUT2D eigenvalue weighted by atomic mass is 35.5. The van der Waals surface area contributed by atoms with Gasteiger partial charge in [-0.1, -0.05) is 17.7 Å². The number of carbonyl (C=O) groups is 1. The molecular formula is C22H26ClN3O2. The molecule has 0 saturated carbocycles. The minimum absolute atomic E-state index is 0.0145. The summed E-state index contributed by atoms with van der Waals surface area (Å²) >= 11 is 6.47.